The van der Waals surface area contributed by atoms with Crippen molar-refractivity contribution in [3.8, 4) is 0 Å². The SMILES string of the molecule is CCOC(=O)[C@]12C(c3ccc(C(C)(C)C)cc3)[C@]3(C(=O)OCC)[C@@H]4N[C@H]1[C@@]1(C(=O)OCC)C(c5ccccc5)[C@]4(C(=O)OCC)[C@@H]3N(c3ccccc3)[C@@H]21. The maximum absolute atomic E-state index is 15.4. The van der Waals surface area contributed by atoms with Crippen molar-refractivity contribution in [2.24, 2.45) is 21.7 Å². The summed E-state index contributed by atoms with van der Waals surface area (Å²) in [5.41, 5.74) is -2.93. The predicted octanol–water partition coefficient (Wildman–Crippen LogP) is 5.69. The smallest absolute Gasteiger partial charge is 0.316 e. The van der Waals surface area contributed by atoms with Gasteiger partial charge >= 0.3 is 23.9 Å². The molecule has 0 radical (unpaired) electrons. The molecule has 2 saturated carbocycles. The second-order valence-electron chi connectivity index (χ2n) is 16.3. The van der Waals surface area contributed by atoms with Crippen LogP contribution in [0, 0.1) is 21.7 Å². The van der Waals surface area contributed by atoms with Gasteiger partial charge in [-0.1, -0.05) is 93.6 Å². The van der Waals surface area contributed by atoms with Crippen LogP contribution in [0.1, 0.15) is 77.0 Å². The van der Waals surface area contributed by atoms with Crippen LogP contribution in [0.5, 0.6) is 0 Å². The van der Waals surface area contributed by atoms with E-state index in [0.717, 1.165) is 16.7 Å². The van der Waals surface area contributed by atoms with Gasteiger partial charge in [-0.3, -0.25) is 19.2 Å². The minimum atomic E-state index is -1.50. The van der Waals surface area contributed by atoms with Crippen LogP contribution in [0.2, 0.25) is 0 Å². The van der Waals surface area contributed by atoms with E-state index in [1.54, 1.807) is 27.7 Å². The topological polar surface area (TPSA) is 120 Å². The standard InChI is InChI=1S/C44H50N2O8/c1-8-51-36(47)41-30(26-18-14-12-15-19-26)42(37(48)52-9-2)33-44(39(50)54-11-4)31(27-22-24-28(25-23-27)40(5,6)7)43(32(41)45-33,38(49)53-10-3)34(41)46(35(42)44)29-20-16-13-17-21-29/h12-25,30-35,45H,8-11H2,1-7H3/t30?,31?,32-,33+,34+,35-,41-,42+,43+,44-. The molecule has 54 heavy (non-hydrogen) atoms. The molecule has 3 aromatic rings. The third-order valence-corrected chi connectivity index (χ3v) is 13.3. The summed E-state index contributed by atoms with van der Waals surface area (Å²) in [6.07, 6.45) is 0. The summed E-state index contributed by atoms with van der Waals surface area (Å²) in [6, 6.07) is 23.5. The molecule has 9 rings (SSSR count). The van der Waals surface area contributed by atoms with Gasteiger partial charge in [0.15, 0.2) is 0 Å². The quantitative estimate of drug-likeness (QED) is 0.195. The number of nitrogens with zero attached hydrogens (tertiary/aromatic N) is 1. The van der Waals surface area contributed by atoms with Gasteiger partial charge < -0.3 is 29.2 Å². The van der Waals surface area contributed by atoms with Gasteiger partial charge in [-0.25, -0.2) is 0 Å². The molecule has 2 aliphatic carbocycles. The largest absolute Gasteiger partial charge is 0.465 e. The van der Waals surface area contributed by atoms with Gasteiger partial charge in [0.25, 0.3) is 0 Å². The molecule has 284 valence electrons. The highest BCUT2D eigenvalue weighted by atomic mass is 16.6. The lowest BCUT2D eigenvalue weighted by Gasteiger charge is -2.93. The fourth-order valence-electron chi connectivity index (χ4n) is 12.1. The number of rotatable bonds is 11. The van der Waals surface area contributed by atoms with E-state index in [0.29, 0.717) is 5.69 Å². The number of carbonyl (C=O) groups is 4. The molecule has 4 aliphatic heterocycles. The number of para-hydroxylation sites is 1. The highest BCUT2D eigenvalue weighted by Crippen LogP contribution is 2.90. The van der Waals surface area contributed by atoms with Crippen molar-refractivity contribution in [3.63, 3.8) is 0 Å². The van der Waals surface area contributed by atoms with Gasteiger partial charge in [0.2, 0.25) is 0 Å². The summed E-state index contributed by atoms with van der Waals surface area (Å²) in [5.74, 6) is -3.72. The van der Waals surface area contributed by atoms with Gasteiger partial charge in [-0.15, -0.1) is 0 Å². The second-order valence-corrected chi connectivity index (χ2v) is 16.3. The monoisotopic (exact) mass is 734 g/mol. The van der Waals surface area contributed by atoms with Crippen LogP contribution in [0.25, 0.3) is 0 Å². The molecule has 4 heterocycles. The first-order chi connectivity index (χ1) is 25.9. The van der Waals surface area contributed by atoms with Gasteiger partial charge in [0.1, 0.15) is 21.7 Å². The Morgan fingerprint density at radius 3 is 1.26 bits per heavy atom. The van der Waals surface area contributed by atoms with E-state index >= 15 is 19.2 Å². The lowest BCUT2D eigenvalue weighted by atomic mass is 9.16. The molecule has 10 atom stereocenters. The zero-order valence-corrected chi connectivity index (χ0v) is 32.1. The van der Waals surface area contributed by atoms with Crippen LogP contribution >= 0.6 is 0 Å². The Morgan fingerprint density at radius 2 is 0.907 bits per heavy atom. The molecular weight excluding hydrogens is 684 g/mol. The fourth-order valence-corrected chi connectivity index (χ4v) is 12.1. The summed E-state index contributed by atoms with van der Waals surface area (Å²) < 4.78 is 24.4. The Kier molecular flexibility index (Phi) is 8.34. The summed E-state index contributed by atoms with van der Waals surface area (Å²) >= 11 is 0. The number of hydrogen-bond donors (Lipinski definition) is 1. The van der Waals surface area contributed by atoms with Gasteiger partial charge in [0.05, 0.1) is 38.5 Å². The average Bonchev–Trinajstić information content (AvgIpc) is 3.14. The van der Waals surface area contributed by atoms with Crippen LogP contribution in [-0.4, -0.2) is 74.5 Å². The summed E-state index contributed by atoms with van der Waals surface area (Å²) in [7, 11) is 0. The lowest BCUT2D eigenvalue weighted by Crippen LogP contribution is -3.10. The number of anilines is 1. The average molecular weight is 735 g/mol. The molecule has 2 unspecified atom stereocenters. The molecule has 10 nitrogen and oxygen atoms in total. The number of carbonyl (C=O) groups excluding carboxylic acids is 4. The van der Waals surface area contributed by atoms with Crippen LogP contribution in [-0.2, 0) is 43.5 Å². The number of nitrogens with one attached hydrogen (secondary N) is 1. The normalized spacial score (nSPS) is 35.0. The van der Waals surface area contributed by atoms with Crippen LogP contribution in [0.15, 0.2) is 84.9 Å². The highest BCUT2D eigenvalue weighted by Gasteiger charge is 3.05. The van der Waals surface area contributed by atoms with Crippen molar-refractivity contribution in [1.29, 1.82) is 0 Å². The van der Waals surface area contributed by atoms with Crippen molar-refractivity contribution in [3.05, 3.63) is 102 Å². The zero-order valence-electron chi connectivity index (χ0n) is 32.1. The number of ether oxygens (including phenoxy) is 4. The molecule has 4 saturated heterocycles. The van der Waals surface area contributed by atoms with Gasteiger partial charge in [-0.05, 0) is 61.9 Å². The van der Waals surface area contributed by atoms with Crippen molar-refractivity contribution in [2.45, 2.75) is 89.9 Å². The van der Waals surface area contributed by atoms with Gasteiger partial charge in [0, 0.05) is 29.6 Å². The molecule has 6 fully saturated rings. The Labute approximate surface area is 316 Å². The number of hydrogen-bond acceptors (Lipinski definition) is 10. The molecular formula is C44H50N2O8. The highest BCUT2D eigenvalue weighted by molar-refractivity contribution is 6.05. The van der Waals surface area contributed by atoms with Crippen LogP contribution < -0.4 is 10.2 Å². The second kappa shape index (κ2) is 12.4. The van der Waals surface area contributed by atoms with E-state index < -0.39 is 81.5 Å². The maximum Gasteiger partial charge on any atom is 0.316 e. The summed E-state index contributed by atoms with van der Waals surface area (Å²) in [5, 5.41) is 3.71. The molecule has 3 aromatic carbocycles. The molecule has 0 amide bonds. The lowest BCUT2D eigenvalue weighted by molar-refractivity contribution is -0.353. The van der Waals surface area contributed by atoms with E-state index in [-0.39, 0.29) is 31.8 Å². The van der Waals surface area contributed by atoms with E-state index in [2.05, 4.69) is 26.1 Å². The minimum Gasteiger partial charge on any atom is -0.465 e. The first-order valence-electron chi connectivity index (χ1n) is 19.4. The molecule has 6 aliphatic rings. The van der Waals surface area contributed by atoms with Crippen molar-refractivity contribution < 1.29 is 38.1 Å². The molecule has 8 bridgehead atoms. The van der Waals surface area contributed by atoms with Gasteiger partial charge in [-0.2, -0.15) is 0 Å². The minimum absolute atomic E-state index is 0.0849. The third kappa shape index (κ3) is 4.00. The number of esters is 4. The summed E-state index contributed by atoms with van der Waals surface area (Å²) in [4.78, 5) is 63.3. The van der Waals surface area contributed by atoms with E-state index in [9.17, 15) is 0 Å². The molecule has 1 N–H and O–H groups in total. The number of benzene rings is 3. The van der Waals surface area contributed by atoms with Crippen molar-refractivity contribution >= 4 is 29.6 Å². The van der Waals surface area contributed by atoms with Crippen molar-refractivity contribution in [2.75, 3.05) is 31.3 Å². The maximum atomic E-state index is 15.4. The summed E-state index contributed by atoms with van der Waals surface area (Å²) in [6.45, 7) is 13.8. The van der Waals surface area contributed by atoms with Crippen molar-refractivity contribution in [1.82, 2.24) is 5.32 Å². The Bertz CT molecular complexity index is 1910. The van der Waals surface area contributed by atoms with E-state index in [1.165, 1.54) is 0 Å². The molecule has 0 spiro atoms. The van der Waals surface area contributed by atoms with Crippen LogP contribution in [0.3, 0.4) is 0 Å². The Balaban J connectivity index is 1.55. The predicted molar refractivity (Wildman–Crippen MR) is 201 cm³/mol. The molecule has 0 aromatic heterocycles. The van der Waals surface area contributed by atoms with Crippen LogP contribution in [0.4, 0.5) is 5.69 Å². The van der Waals surface area contributed by atoms with E-state index in [1.807, 2.05) is 89.8 Å². The fraction of sp³-hybridized carbons (Fsp3) is 0.500. The Morgan fingerprint density at radius 1 is 0.556 bits per heavy atom. The molecule has 10 heteroatoms. The first kappa shape index (κ1) is 36.3. The number of piperidine rings is 4. The van der Waals surface area contributed by atoms with E-state index in [4.69, 9.17) is 18.9 Å². The third-order valence-electron chi connectivity index (χ3n) is 13.3. The zero-order chi connectivity index (χ0) is 38.4. The first-order valence-corrected chi connectivity index (χ1v) is 19.4. The Hall–Kier alpha value is -4.70.